The molecule has 0 aliphatic carbocycles. The Morgan fingerprint density at radius 3 is 2.86 bits per heavy atom. The average molecular weight is 416 g/mol. The Kier molecular flexibility index (Phi) is 9.55. The summed E-state index contributed by atoms with van der Waals surface area (Å²) in [5.74, 6) is 0.985. The first-order valence-electron chi connectivity index (χ1n) is 9.33. The number of urea groups is 1. The van der Waals surface area contributed by atoms with Crippen molar-refractivity contribution in [2.75, 3.05) is 39.2 Å². The number of aromatic amines is 1. The average Bonchev–Trinajstić information content (AvgIpc) is 3.25. The highest BCUT2D eigenvalue weighted by molar-refractivity contribution is 7.83. The number of nitrogens with zero attached hydrogens (tertiary/aromatic N) is 2. The molecule has 1 aliphatic rings. The summed E-state index contributed by atoms with van der Waals surface area (Å²) in [5.41, 5.74) is 0.850. The van der Waals surface area contributed by atoms with Crippen molar-refractivity contribution in [2.45, 2.75) is 38.8 Å². The van der Waals surface area contributed by atoms with Gasteiger partial charge in [-0.2, -0.15) is 0 Å². The van der Waals surface area contributed by atoms with Crippen LogP contribution in [0, 0.1) is 0 Å². The van der Waals surface area contributed by atoms with Gasteiger partial charge < -0.3 is 19.4 Å². The van der Waals surface area contributed by atoms with Gasteiger partial charge in [-0.05, 0) is 19.8 Å². The first-order valence-corrected chi connectivity index (χ1v) is 10.6. The molecular weight excluding hydrogens is 386 g/mol. The molecule has 11 heteroatoms. The molecule has 28 heavy (non-hydrogen) atoms. The third kappa shape index (κ3) is 7.66. The van der Waals surface area contributed by atoms with Crippen LogP contribution in [0.25, 0.3) is 0 Å². The van der Waals surface area contributed by atoms with E-state index in [-0.39, 0.29) is 24.5 Å². The van der Waals surface area contributed by atoms with Crippen molar-refractivity contribution in [3.63, 3.8) is 0 Å². The standard InChI is InChI=1S/C17H29N5O5S/c1-13(14-10-18-15(19-14)12-27-8-7-26-2)21-28(25)9-5-3-4-6-22-11-16(23)20-17(22)24/h10,13,21H,3-9,11-12H2,1-2H3,(H,18,19)(H,20,23,24). The van der Waals surface area contributed by atoms with E-state index in [4.69, 9.17) is 9.47 Å². The number of aromatic nitrogens is 2. The molecule has 1 saturated heterocycles. The highest BCUT2D eigenvalue weighted by atomic mass is 32.2. The van der Waals surface area contributed by atoms with Crippen molar-refractivity contribution in [1.82, 2.24) is 24.9 Å². The lowest BCUT2D eigenvalue weighted by molar-refractivity contribution is -0.118. The predicted octanol–water partition coefficient (Wildman–Crippen LogP) is 0.609. The van der Waals surface area contributed by atoms with Gasteiger partial charge in [-0.15, -0.1) is 0 Å². The van der Waals surface area contributed by atoms with Gasteiger partial charge in [-0.3, -0.25) is 10.1 Å². The summed E-state index contributed by atoms with van der Waals surface area (Å²) in [6.45, 7) is 4.01. The van der Waals surface area contributed by atoms with E-state index in [0.717, 1.165) is 30.8 Å². The number of amides is 3. The number of rotatable bonds is 14. The fraction of sp³-hybridized carbons (Fsp3) is 0.706. The van der Waals surface area contributed by atoms with E-state index in [1.54, 1.807) is 13.3 Å². The molecule has 3 amide bonds. The zero-order valence-corrected chi connectivity index (χ0v) is 17.2. The Hall–Kier alpha value is -1.82. The van der Waals surface area contributed by atoms with Crippen molar-refractivity contribution in [2.24, 2.45) is 0 Å². The normalized spacial score (nSPS) is 16.4. The lowest BCUT2D eigenvalue weighted by Gasteiger charge is -2.13. The lowest BCUT2D eigenvalue weighted by atomic mass is 10.2. The smallest absolute Gasteiger partial charge is 0.324 e. The highest BCUT2D eigenvalue weighted by Crippen LogP contribution is 2.11. The zero-order chi connectivity index (χ0) is 20.4. The molecule has 2 heterocycles. The molecule has 0 aromatic carbocycles. The molecule has 1 fully saturated rings. The Labute approximate surface area is 167 Å². The van der Waals surface area contributed by atoms with Crippen LogP contribution in [0.4, 0.5) is 4.79 Å². The van der Waals surface area contributed by atoms with Gasteiger partial charge in [0.2, 0.25) is 5.91 Å². The molecule has 0 saturated carbocycles. The molecule has 3 N–H and O–H groups in total. The van der Waals surface area contributed by atoms with E-state index < -0.39 is 11.0 Å². The number of methoxy groups -OCH3 is 1. The van der Waals surface area contributed by atoms with Crippen LogP contribution < -0.4 is 10.0 Å². The van der Waals surface area contributed by atoms with Crippen LogP contribution in [-0.4, -0.2) is 70.2 Å². The number of imide groups is 1. The van der Waals surface area contributed by atoms with E-state index >= 15 is 0 Å². The van der Waals surface area contributed by atoms with Crippen LogP contribution in [-0.2, 0) is 31.9 Å². The van der Waals surface area contributed by atoms with Gasteiger partial charge in [0.05, 0.1) is 35.9 Å². The van der Waals surface area contributed by atoms with E-state index in [1.807, 2.05) is 6.92 Å². The fourth-order valence-electron chi connectivity index (χ4n) is 2.68. The number of hydrogen-bond donors (Lipinski definition) is 3. The van der Waals surface area contributed by atoms with Gasteiger partial charge >= 0.3 is 6.03 Å². The molecular formula is C17H29N5O5S. The monoisotopic (exact) mass is 415 g/mol. The quantitative estimate of drug-likeness (QED) is 0.302. The number of hydrogen-bond acceptors (Lipinski definition) is 6. The van der Waals surface area contributed by atoms with Crippen LogP contribution in [0.15, 0.2) is 6.20 Å². The fourth-order valence-corrected chi connectivity index (χ4v) is 3.78. The van der Waals surface area contributed by atoms with E-state index in [9.17, 15) is 13.8 Å². The number of H-pyrrole nitrogens is 1. The third-order valence-corrected chi connectivity index (χ3v) is 5.50. The largest absolute Gasteiger partial charge is 0.382 e. The van der Waals surface area contributed by atoms with Crippen molar-refractivity contribution in [3.8, 4) is 0 Å². The van der Waals surface area contributed by atoms with Crippen LogP contribution in [0.3, 0.4) is 0 Å². The maximum atomic E-state index is 12.2. The maximum absolute atomic E-state index is 12.2. The molecule has 2 rings (SSSR count). The zero-order valence-electron chi connectivity index (χ0n) is 16.4. The van der Waals surface area contributed by atoms with Crippen molar-refractivity contribution in [1.29, 1.82) is 0 Å². The summed E-state index contributed by atoms with van der Waals surface area (Å²) < 4.78 is 25.6. The number of unbranched alkanes of at least 4 members (excludes halogenated alkanes) is 2. The van der Waals surface area contributed by atoms with E-state index in [2.05, 4.69) is 20.0 Å². The number of nitrogens with one attached hydrogen (secondary N) is 3. The number of carbonyl (C=O) groups is 2. The van der Waals surface area contributed by atoms with E-state index in [1.165, 1.54) is 4.90 Å². The summed E-state index contributed by atoms with van der Waals surface area (Å²) in [5, 5.41) is 2.25. The van der Waals surface area contributed by atoms with E-state index in [0.29, 0.717) is 32.1 Å². The highest BCUT2D eigenvalue weighted by Gasteiger charge is 2.25. The van der Waals surface area contributed by atoms with Crippen LogP contribution in [0.5, 0.6) is 0 Å². The first kappa shape index (κ1) is 22.5. The number of imidazole rings is 1. The lowest BCUT2D eigenvalue weighted by Crippen LogP contribution is -2.29. The van der Waals surface area contributed by atoms with Gasteiger partial charge in [0.25, 0.3) is 0 Å². The molecule has 2 atom stereocenters. The number of carbonyl (C=O) groups excluding carboxylic acids is 2. The summed E-state index contributed by atoms with van der Waals surface area (Å²) in [6, 6.07) is -0.451. The van der Waals surface area contributed by atoms with Crippen LogP contribution in [0.1, 0.15) is 43.7 Å². The minimum Gasteiger partial charge on any atom is -0.382 e. The minimum atomic E-state index is -1.16. The Bertz CT molecular complexity index is 668. The van der Waals surface area contributed by atoms with Gasteiger partial charge in [0.1, 0.15) is 19.0 Å². The van der Waals surface area contributed by atoms with Gasteiger partial charge in [0.15, 0.2) is 0 Å². The molecule has 0 spiro atoms. The summed E-state index contributed by atoms with van der Waals surface area (Å²) in [6.07, 6.45) is 4.11. The second-order valence-electron chi connectivity index (χ2n) is 6.56. The van der Waals surface area contributed by atoms with Crippen molar-refractivity contribution >= 4 is 22.9 Å². The Morgan fingerprint density at radius 2 is 2.14 bits per heavy atom. The minimum absolute atomic E-state index is 0.125. The van der Waals surface area contributed by atoms with Gasteiger partial charge in [-0.25, -0.2) is 18.7 Å². The second kappa shape index (κ2) is 11.9. The van der Waals surface area contributed by atoms with Crippen LogP contribution in [0.2, 0.25) is 0 Å². The summed E-state index contributed by atoms with van der Waals surface area (Å²) >= 11 is 0. The van der Waals surface area contributed by atoms with Gasteiger partial charge in [0, 0.05) is 25.6 Å². The SMILES string of the molecule is COCCOCc1ncc(C(C)NS(=O)CCCCCN2CC(=O)NC2=O)[nH]1. The van der Waals surface area contributed by atoms with Crippen molar-refractivity contribution < 1.29 is 23.3 Å². The molecule has 10 nitrogen and oxygen atoms in total. The molecule has 1 aromatic heterocycles. The maximum Gasteiger partial charge on any atom is 0.324 e. The molecule has 1 aromatic rings. The van der Waals surface area contributed by atoms with Gasteiger partial charge in [-0.1, -0.05) is 6.42 Å². The van der Waals surface area contributed by atoms with Crippen molar-refractivity contribution in [3.05, 3.63) is 17.7 Å². The summed E-state index contributed by atoms with van der Waals surface area (Å²) in [4.78, 5) is 31.4. The summed E-state index contributed by atoms with van der Waals surface area (Å²) in [7, 11) is 0.461. The number of ether oxygens (including phenoxy) is 2. The third-order valence-electron chi connectivity index (χ3n) is 4.22. The molecule has 0 bridgehead atoms. The Balaban J connectivity index is 1.58. The topological polar surface area (TPSA) is 126 Å². The predicted molar refractivity (Wildman–Crippen MR) is 104 cm³/mol. The second-order valence-corrected chi connectivity index (χ2v) is 7.89. The molecule has 1 aliphatic heterocycles. The first-order chi connectivity index (χ1) is 13.5. The Morgan fingerprint density at radius 1 is 1.32 bits per heavy atom. The molecule has 0 radical (unpaired) electrons. The van der Waals surface area contributed by atoms with Crippen LogP contribution >= 0.6 is 0 Å². The molecule has 2 unspecified atom stereocenters. The molecule has 158 valence electrons.